The van der Waals surface area contributed by atoms with Gasteiger partial charge in [0.05, 0.1) is 16.6 Å². The van der Waals surface area contributed by atoms with Gasteiger partial charge in [0.25, 0.3) is 0 Å². The number of imidazole rings is 1. The molecule has 8 heteroatoms. The number of rotatable bonds is 4. The molecule has 4 aromatic rings. The molecule has 0 spiro atoms. The summed E-state index contributed by atoms with van der Waals surface area (Å²) in [6, 6.07) is 18.8. The molecule has 0 radical (unpaired) electrons. The van der Waals surface area contributed by atoms with Crippen molar-refractivity contribution in [3.8, 4) is 11.4 Å². The summed E-state index contributed by atoms with van der Waals surface area (Å²) in [6.45, 7) is 5.49. The molecular weight excluding hydrogens is 592 g/mol. The number of nitrogens with zero attached hydrogens (tertiary/aromatic N) is 3. The summed E-state index contributed by atoms with van der Waals surface area (Å²) in [5.74, 6) is 1.67. The van der Waals surface area contributed by atoms with E-state index in [9.17, 15) is 0 Å². The van der Waals surface area contributed by atoms with Crippen LogP contribution in [0.5, 0.6) is 0 Å². The molecule has 160 valence electrons. The van der Waals surface area contributed by atoms with E-state index < -0.39 is 16.5 Å². The monoisotopic (exact) mass is 616 g/mol. The summed E-state index contributed by atoms with van der Waals surface area (Å²) in [6.07, 6.45) is 2.98. The fourth-order valence-electron chi connectivity index (χ4n) is 3.18. The van der Waals surface area contributed by atoms with Gasteiger partial charge >= 0.3 is 35.3 Å². The minimum atomic E-state index is -0.472. The van der Waals surface area contributed by atoms with Crippen LogP contribution in [-0.4, -0.2) is 25.5 Å². The standard InChI is InChI=1S/C21H21N3.2ClH.2H2O.Pt/c1-15(2)12-14-24-19-11-4-3-10-18(19)23-21(24)17-9-5-7-16-8-6-13-22-20(16)17;;;;;/h3-11,13,15H,12,14H2,1-2H3;2*1H;2*1H2;/q;;;;;+2/p-2. The average Bonchev–Trinajstić information content (AvgIpc) is 3.05. The molecule has 0 aliphatic rings. The summed E-state index contributed by atoms with van der Waals surface area (Å²) in [5, 5.41) is 1.15. The van der Waals surface area contributed by atoms with Crippen molar-refractivity contribution < 1.29 is 27.4 Å². The summed E-state index contributed by atoms with van der Waals surface area (Å²) < 4.78 is 2.35. The number of aryl methyl sites for hydroxylation is 1. The fourth-order valence-corrected chi connectivity index (χ4v) is 3.18. The van der Waals surface area contributed by atoms with Crippen molar-refractivity contribution in [1.82, 2.24) is 14.5 Å². The second kappa shape index (κ2) is 12.3. The van der Waals surface area contributed by atoms with Crippen molar-refractivity contribution in [2.24, 2.45) is 5.92 Å². The maximum atomic E-state index is 4.93. The molecule has 2 aromatic carbocycles. The van der Waals surface area contributed by atoms with Crippen LogP contribution >= 0.6 is 18.8 Å². The van der Waals surface area contributed by atoms with Gasteiger partial charge in [-0.25, -0.2) is 4.98 Å². The van der Waals surface area contributed by atoms with Crippen molar-refractivity contribution >= 4 is 40.8 Å². The Bertz CT molecular complexity index is 1040. The number of benzene rings is 2. The Kier molecular flexibility index (Phi) is 10.8. The first-order chi connectivity index (χ1) is 13.2. The number of aromatic nitrogens is 3. The van der Waals surface area contributed by atoms with E-state index in [0.717, 1.165) is 40.8 Å². The van der Waals surface area contributed by atoms with Gasteiger partial charge in [-0.05, 0) is 36.6 Å². The molecule has 5 nitrogen and oxygen atoms in total. The van der Waals surface area contributed by atoms with Gasteiger partial charge in [0.2, 0.25) is 0 Å². The van der Waals surface area contributed by atoms with Gasteiger partial charge in [-0.15, -0.1) is 0 Å². The molecule has 0 saturated carbocycles. The molecule has 0 aliphatic heterocycles. The average molecular weight is 617 g/mol. The van der Waals surface area contributed by atoms with Crippen molar-refractivity contribution in [3.05, 3.63) is 60.8 Å². The van der Waals surface area contributed by atoms with Crippen LogP contribution in [0.3, 0.4) is 0 Å². The Balaban J connectivity index is 0.000000794. The second-order valence-electron chi connectivity index (χ2n) is 6.68. The van der Waals surface area contributed by atoms with Crippen LogP contribution in [0.1, 0.15) is 20.3 Å². The first kappa shape index (κ1) is 25.5. The molecule has 2 heterocycles. The number of hydrogen-bond acceptors (Lipinski definition) is 2. The Morgan fingerprint density at radius 3 is 2.38 bits per heavy atom. The van der Waals surface area contributed by atoms with Crippen molar-refractivity contribution in [2.75, 3.05) is 0 Å². The van der Waals surface area contributed by atoms with Crippen molar-refractivity contribution in [1.29, 1.82) is 0 Å². The van der Waals surface area contributed by atoms with Crippen LogP contribution < -0.4 is 0 Å². The van der Waals surface area contributed by atoms with E-state index in [1.165, 1.54) is 5.52 Å². The van der Waals surface area contributed by atoms with Crippen LogP contribution in [0.15, 0.2) is 60.8 Å². The number of hydrogen-bond donors (Lipinski definition) is 0. The Hall–Kier alpha value is -1.49. The fraction of sp³-hybridized carbons (Fsp3) is 0.238. The molecule has 0 bridgehead atoms. The number of para-hydroxylation sites is 3. The number of fused-ring (bicyclic) bond motifs is 2. The van der Waals surface area contributed by atoms with E-state index >= 15 is 0 Å². The van der Waals surface area contributed by atoms with E-state index in [4.69, 9.17) is 23.8 Å². The molecule has 0 saturated heterocycles. The summed E-state index contributed by atoms with van der Waals surface area (Å²) >= 11 is -0.472. The van der Waals surface area contributed by atoms with Gasteiger partial charge < -0.3 is 15.5 Å². The molecule has 0 aliphatic carbocycles. The summed E-state index contributed by atoms with van der Waals surface area (Å²) in [4.78, 5) is 9.54. The third-order valence-corrected chi connectivity index (χ3v) is 4.46. The second-order valence-corrected chi connectivity index (χ2v) is 9.97. The topological polar surface area (TPSA) is 93.7 Å². The molecule has 2 aromatic heterocycles. The van der Waals surface area contributed by atoms with Gasteiger partial charge in [0.1, 0.15) is 5.82 Å². The maximum absolute atomic E-state index is 4.93. The van der Waals surface area contributed by atoms with Crippen LogP contribution in [-0.2, 0) is 23.0 Å². The normalized spacial score (nSPS) is 10.4. The molecule has 4 N–H and O–H groups in total. The third kappa shape index (κ3) is 6.00. The number of pyridine rings is 1. The zero-order valence-electron chi connectivity index (χ0n) is 16.2. The molecule has 4 rings (SSSR count). The van der Waals surface area contributed by atoms with E-state index in [-0.39, 0.29) is 11.0 Å². The van der Waals surface area contributed by atoms with Gasteiger partial charge in [-0.1, -0.05) is 44.2 Å². The van der Waals surface area contributed by atoms with E-state index in [1.54, 1.807) is 0 Å². The van der Waals surface area contributed by atoms with Crippen LogP contribution in [0.4, 0.5) is 0 Å². The summed E-state index contributed by atoms with van der Waals surface area (Å²) in [5.41, 5.74) is 4.36. The van der Waals surface area contributed by atoms with Crippen LogP contribution in [0.2, 0.25) is 0 Å². The predicted octanol–water partition coefficient (Wildman–Crippen LogP) is 5.02. The zero-order valence-corrected chi connectivity index (χ0v) is 20.0. The summed E-state index contributed by atoms with van der Waals surface area (Å²) in [7, 11) is 9.75. The van der Waals surface area contributed by atoms with Crippen LogP contribution in [0.25, 0.3) is 33.3 Å². The zero-order chi connectivity index (χ0) is 19.2. The van der Waals surface area contributed by atoms with Gasteiger partial charge in [-0.3, -0.25) is 4.98 Å². The molecule has 0 unspecified atom stereocenters. The van der Waals surface area contributed by atoms with E-state index in [1.807, 2.05) is 18.3 Å². The Morgan fingerprint density at radius 1 is 0.966 bits per heavy atom. The van der Waals surface area contributed by atoms with E-state index in [0.29, 0.717) is 5.92 Å². The van der Waals surface area contributed by atoms with Crippen molar-refractivity contribution in [2.45, 2.75) is 26.8 Å². The minimum absolute atomic E-state index is 0. The Morgan fingerprint density at radius 2 is 1.66 bits per heavy atom. The SMILES string of the molecule is CC(C)CCn1c(-c2cccc3cccnc23)nc2ccccc21.O.O.[Cl][Pt][Cl]. The predicted molar refractivity (Wildman–Crippen MR) is 119 cm³/mol. The Labute approximate surface area is 187 Å². The first-order valence-corrected chi connectivity index (χ1v) is 14.4. The third-order valence-electron chi connectivity index (χ3n) is 4.46. The van der Waals surface area contributed by atoms with Crippen molar-refractivity contribution in [3.63, 3.8) is 0 Å². The first-order valence-electron chi connectivity index (χ1n) is 8.77. The number of halogens is 2. The molecule has 0 atom stereocenters. The van der Waals surface area contributed by atoms with E-state index in [2.05, 4.69) is 65.9 Å². The molecular formula is C21H25Cl2N3O2Pt. The molecule has 0 fully saturated rings. The van der Waals surface area contributed by atoms with Gasteiger partial charge in [-0.2, -0.15) is 0 Å². The quantitative estimate of drug-likeness (QED) is 0.322. The van der Waals surface area contributed by atoms with Gasteiger partial charge in [0.15, 0.2) is 0 Å². The van der Waals surface area contributed by atoms with Gasteiger partial charge in [0, 0.05) is 23.7 Å². The molecule has 0 amide bonds. The molecule has 29 heavy (non-hydrogen) atoms. The van der Waals surface area contributed by atoms with Crippen LogP contribution in [0, 0.1) is 5.92 Å².